The maximum Gasteiger partial charge on any atom is 0.217 e. The van der Waals surface area contributed by atoms with Crippen LogP contribution in [0.3, 0.4) is 0 Å². The summed E-state index contributed by atoms with van der Waals surface area (Å²) in [4.78, 5) is 4.88. The van der Waals surface area contributed by atoms with Gasteiger partial charge in [0.05, 0.1) is 5.69 Å². The average molecular weight is 388 g/mol. The fraction of sp³-hybridized carbons (Fsp3) is 0.364. The Bertz CT molecular complexity index is 983. The van der Waals surface area contributed by atoms with Gasteiger partial charge in [0.2, 0.25) is 5.90 Å². The van der Waals surface area contributed by atoms with Gasteiger partial charge >= 0.3 is 0 Å². The lowest BCUT2D eigenvalue weighted by Crippen LogP contribution is -2.49. The molecule has 1 saturated heterocycles. The summed E-state index contributed by atoms with van der Waals surface area (Å²) < 4.78 is 7.88. The lowest BCUT2D eigenvalue weighted by atomic mass is 10.1. The van der Waals surface area contributed by atoms with E-state index in [0.717, 1.165) is 43.6 Å². The van der Waals surface area contributed by atoms with Gasteiger partial charge in [-0.05, 0) is 48.1 Å². The molecule has 1 saturated carbocycles. The van der Waals surface area contributed by atoms with Crippen LogP contribution in [0.5, 0.6) is 0 Å². The number of aliphatic imine (C=N–C) groups is 1. The van der Waals surface area contributed by atoms with Crippen LogP contribution in [0.1, 0.15) is 18.4 Å². The molecule has 148 valence electrons. The van der Waals surface area contributed by atoms with Crippen molar-refractivity contribution in [3.63, 3.8) is 0 Å². The first-order valence-corrected chi connectivity index (χ1v) is 10.3. The average Bonchev–Trinajstić information content (AvgIpc) is 3.29. The standard InChI is InChI=1S/C22H24N6O/c1-9-24-27(10-1)18-6-2-16(3-7-18)14-26-15-20(17-4-5-17)22-25-21(8-11-28(22)26)29-19-12-23-13-19/h1-3,6-11,17,19,23H,4-5,12-15H2. The molecule has 7 nitrogen and oxygen atoms in total. The number of rotatable bonds is 5. The second-order valence-corrected chi connectivity index (χ2v) is 8.07. The summed E-state index contributed by atoms with van der Waals surface area (Å²) in [6.07, 6.45) is 10.7. The summed E-state index contributed by atoms with van der Waals surface area (Å²) in [7, 11) is 0. The summed E-state index contributed by atoms with van der Waals surface area (Å²) in [6.45, 7) is 3.60. The van der Waals surface area contributed by atoms with Gasteiger partial charge in [0.25, 0.3) is 0 Å². The van der Waals surface area contributed by atoms with E-state index in [1.54, 1.807) is 6.20 Å². The number of fused-ring (bicyclic) bond motifs is 1. The van der Waals surface area contributed by atoms with E-state index in [4.69, 9.17) is 9.73 Å². The minimum Gasteiger partial charge on any atom is -0.472 e. The molecule has 1 aromatic heterocycles. The van der Waals surface area contributed by atoms with Gasteiger partial charge in [-0.1, -0.05) is 12.1 Å². The van der Waals surface area contributed by atoms with Crippen molar-refractivity contribution in [3.05, 3.63) is 72.0 Å². The highest BCUT2D eigenvalue weighted by atomic mass is 16.5. The van der Waals surface area contributed by atoms with Crippen molar-refractivity contribution in [3.8, 4) is 5.69 Å². The summed E-state index contributed by atoms with van der Waals surface area (Å²) in [5.41, 5.74) is 3.81. The predicted octanol–water partition coefficient (Wildman–Crippen LogP) is 2.44. The van der Waals surface area contributed by atoms with E-state index >= 15 is 0 Å². The molecule has 1 aliphatic carbocycles. The summed E-state index contributed by atoms with van der Waals surface area (Å²) in [5, 5.41) is 12.1. The van der Waals surface area contributed by atoms with Crippen LogP contribution < -0.4 is 5.32 Å². The predicted molar refractivity (Wildman–Crippen MR) is 110 cm³/mol. The Labute approximate surface area is 169 Å². The monoisotopic (exact) mass is 388 g/mol. The van der Waals surface area contributed by atoms with Crippen LogP contribution >= 0.6 is 0 Å². The Morgan fingerprint density at radius 3 is 2.69 bits per heavy atom. The van der Waals surface area contributed by atoms with Crippen LogP contribution in [0.4, 0.5) is 0 Å². The normalized spacial score (nSPS) is 21.9. The molecule has 2 fully saturated rings. The maximum atomic E-state index is 6.00. The molecule has 3 aliphatic heterocycles. The second kappa shape index (κ2) is 6.86. The van der Waals surface area contributed by atoms with Crippen molar-refractivity contribution in [2.45, 2.75) is 25.5 Å². The number of benzene rings is 1. The third-order valence-corrected chi connectivity index (χ3v) is 5.91. The first kappa shape index (κ1) is 17.0. The number of hydrogen-bond acceptors (Lipinski definition) is 6. The van der Waals surface area contributed by atoms with Gasteiger partial charge in [0.1, 0.15) is 6.10 Å². The largest absolute Gasteiger partial charge is 0.472 e. The maximum absolute atomic E-state index is 6.00. The highest BCUT2D eigenvalue weighted by Crippen LogP contribution is 2.43. The highest BCUT2D eigenvalue weighted by molar-refractivity contribution is 5.89. The van der Waals surface area contributed by atoms with Gasteiger partial charge in [-0.3, -0.25) is 5.01 Å². The molecule has 0 unspecified atom stereocenters. The Kier molecular flexibility index (Phi) is 4.02. The zero-order chi connectivity index (χ0) is 19.2. The number of hydrazine groups is 1. The molecule has 6 rings (SSSR count). The quantitative estimate of drug-likeness (QED) is 0.853. The minimum atomic E-state index is 0.251. The van der Waals surface area contributed by atoms with Gasteiger partial charge in [-0.25, -0.2) is 9.69 Å². The van der Waals surface area contributed by atoms with Crippen molar-refractivity contribution in [2.24, 2.45) is 10.9 Å². The number of nitrogens with one attached hydrogen (secondary N) is 1. The first-order valence-electron chi connectivity index (χ1n) is 10.3. The van der Waals surface area contributed by atoms with Gasteiger partial charge in [0.15, 0.2) is 5.82 Å². The molecule has 0 amide bonds. The minimum absolute atomic E-state index is 0.251. The smallest absolute Gasteiger partial charge is 0.217 e. The van der Waals surface area contributed by atoms with Gasteiger partial charge in [0, 0.05) is 50.8 Å². The topological polar surface area (TPSA) is 57.9 Å². The fourth-order valence-corrected chi connectivity index (χ4v) is 4.03. The van der Waals surface area contributed by atoms with Crippen molar-refractivity contribution in [1.82, 2.24) is 25.1 Å². The van der Waals surface area contributed by atoms with Gasteiger partial charge in [-0.15, -0.1) is 0 Å². The molecule has 0 spiro atoms. The molecule has 1 aromatic carbocycles. The van der Waals surface area contributed by atoms with E-state index in [2.05, 4.69) is 50.9 Å². The molecule has 0 bridgehead atoms. The van der Waals surface area contributed by atoms with Crippen molar-refractivity contribution in [1.29, 1.82) is 0 Å². The van der Waals surface area contributed by atoms with Gasteiger partial charge < -0.3 is 10.1 Å². The fourth-order valence-electron chi connectivity index (χ4n) is 4.03. The summed E-state index contributed by atoms with van der Waals surface area (Å²) in [6, 6.07) is 10.5. The molecular formula is C22H24N6O. The third kappa shape index (κ3) is 3.26. The lowest BCUT2D eigenvalue weighted by Gasteiger charge is -2.32. The summed E-state index contributed by atoms with van der Waals surface area (Å²) >= 11 is 0. The lowest BCUT2D eigenvalue weighted by molar-refractivity contribution is 0.0755. The molecule has 1 N–H and O–H groups in total. The molecule has 2 aromatic rings. The van der Waals surface area contributed by atoms with Crippen LogP contribution in [0.25, 0.3) is 5.69 Å². The van der Waals surface area contributed by atoms with Crippen molar-refractivity contribution >= 4 is 5.90 Å². The molecule has 4 heterocycles. The Morgan fingerprint density at radius 2 is 2.00 bits per heavy atom. The highest BCUT2D eigenvalue weighted by Gasteiger charge is 2.39. The molecule has 29 heavy (non-hydrogen) atoms. The van der Waals surface area contributed by atoms with Crippen molar-refractivity contribution in [2.75, 3.05) is 19.6 Å². The van der Waals surface area contributed by atoms with Crippen LogP contribution in [-0.4, -0.2) is 51.4 Å². The van der Waals surface area contributed by atoms with Crippen LogP contribution in [0.15, 0.2) is 71.4 Å². The van der Waals surface area contributed by atoms with E-state index in [1.165, 1.54) is 24.0 Å². The Hall–Kier alpha value is -2.90. The zero-order valence-corrected chi connectivity index (χ0v) is 16.2. The Balaban J connectivity index is 1.19. The van der Waals surface area contributed by atoms with Crippen LogP contribution in [0.2, 0.25) is 0 Å². The SMILES string of the molecule is C1=CN2C(=C(C3CC3)CN2Cc2ccc(-n3cccn3)cc2)N=C1OC1CNC1. The van der Waals surface area contributed by atoms with E-state index < -0.39 is 0 Å². The third-order valence-electron chi connectivity index (χ3n) is 5.91. The number of aromatic nitrogens is 2. The number of nitrogens with zero attached hydrogens (tertiary/aromatic N) is 5. The summed E-state index contributed by atoms with van der Waals surface area (Å²) in [5.74, 6) is 2.50. The van der Waals surface area contributed by atoms with E-state index in [9.17, 15) is 0 Å². The molecular weight excluding hydrogens is 364 g/mol. The van der Waals surface area contributed by atoms with Crippen LogP contribution in [-0.2, 0) is 11.3 Å². The molecule has 4 aliphatic rings. The zero-order valence-electron chi connectivity index (χ0n) is 16.2. The molecule has 0 radical (unpaired) electrons. The van der Waals surface area contributed by atoms with Crippen LogP contribution in [0, 0.1) is 5.92 Å². The van der Waals surface area contributed by atoms with Gasteiger partial charge in [-0.2, -0.15) is 10.1 Å². The number of ether oxygens (including phenoxy) is 1. The van der Waals surface area contributed by atoms with Crippen molar-refractivity contribution < 1.29 is 4.74 Å². The molecule has 0 atom stereocenters. The van der Waals surface area contributed by atoms with E-state index in [1.807, 2.05) is 23.0 Å². The molecule has 7 heteroatoms. The second-order valence-electron chi connectivity index (χ2n) is 8.07. The van der Waals surface area contributed by atoms with E-state index in [0.29, 0.717) is 5.92 Å². The number of hydrogen-bond donors (Lipinski definition) is 1. The van der Waals surface area contributed by atoms with E-state index in [-0.39, 0.29) is 6.10 Å². The Morgan fingerprint density at radius 1 is 1.14 bits per heavy atom. The first-order chi connectivity index (χ1) is 14.3.